The molecule has 1 aromatic rings. The van der Waals surface area contributed by atoms with Gasteiger partial charge in [0.25, 0.3) is 0 Å². The van der Waals surface area contributed by atoms with E-state index in [1.54, 1.807) is 27.9 Å². The average molecular weight is 311 g/mol. The van der Waals surface area contributed by atoms with Gasteiger partial charge in [0.05, 0.1) is 18.3 Å². The second-order valence-corrected chi connectivity index (χ2v) is 6.27. The number of carbonyl (C=O) groups excluding carboxylic acids is 1. The molecule has 1 aromatic carbocycles. The largest absolute Gasteiger partial charge is 0.497 e. The SMILES string of the molecule is COc1ccc(SC(C)C(=O)NC(C)C(C)C(=O)O)cc1. The highest BCUT2D eigenvalue weighted by Gasteiger charge is 2.23. The van der Waals surface area contributed by atoms with E-state index in [1.807, 2.05) is 24.3 Å². The Morgan fingerprint density at radius 2 is 1.76 bits per heavy atom. The second kappa shape index (κ2) is 7.93. The molecular formula is C15H21NO4S. The maximum Gasteiger partial charge on any atom is 0.308 e. The van der Waals surface area contributed by atoms with Crippen LogP contribution in [0.25, 0.3) is 0 Å². The van der Waals surface area contributed by atoms with Gasteiger partial charge in [0, 0.05) is 10.9 Å². The van der Waals surface area contributed by atoms with Gasteiger partial charge in [-0.05, 0) is 45.0 Å². The van der Waals surface area contributed by atoms with E-state index in [0.717, 1.165) is 10.6 Å². The molecule has 0 aliphatic heterocycles. The van der Waals surface area contributed by atoms with Crippen LogP contribution >= 0.6 is 11.8 Å². The van der Waals surface area contributed by atoms with Gasteiger partial charge in [-0.1, -0.05) is 0 Å². The van der Waals surface area contributed by atoms with Crippen molar-refractivity contribution in [1.82, 2.24) is 5.32 Å². The van der Waals surface area contributed by atoms with Crippen LogP contribution in [0.2, 0.25) is 0 Å². The van der Waals surface area contributed by atoms with Crippen LogP contribution in [0, 0.1) is 5.92 Å². The zero-order valence-corrected chi connectivity index (χ0v) is 13.4. The first-order valence-electron chi connectivity index (χ1n) is 6.69. The number of carboxylic acid groups (broad SMARTS) is 1. The van der Waals surface area contributed by atoms with Crippen molar-refractivity contribution >= 4 is 23.6 Å². The van der Waals surface area contributed by atoms with E-state index >= 15 is 0 Å². The summed E-state index contributed by atoms with van der Waals surface area (Å²) in [7, 11) is 1.60. The number of nitrogens with one attached hydrogen (secondary N) is 1. The Bertz CT molecular complexity index is 489. The quantitative estimate of drug-likeness (QED) is 0.756. The molecule has 21 heavy (non-hydrogen) atoms. The van der Waals surface area contributed by atoms with Crippen LogP contribution in [0.15, 0.2) is 29.2 Å². The molecule has 0 saturated carbocycles. The van der Waals surface area contributed by atoms with E-state index in [-0.39, 0.29) is 11.2 Å². The molecule has 3 atom stereocenters. The highest BCUT2D eigenvalue weighted by atomic mass is 32.2. The van der Waals surface area contributed by atoms with Gasteiger partial charge in [0.15, 0.2) is 0 Å². The first kappa shape index (κ1) is 17.4. The summed E-state index contributed by atoms with van der Waals surface area (Å²) in [5.41, 5.74) is 0. The summed E-state index contributed by atoms with van der Waals surface area (Å²) in [6, 6.07) is 7.03. The first-order valence-corrected chi connectivity index (χ1v) is 7.57. The molecule has 0 aliphatic carbocycles. The van der Waals surface area contributed by atoms with Gasteiger partial charge in [-0.15, -0.1) is 11.8 Å². The van der Waals surface area contributed by atoms with E-state index in [0.29, 0.717) is 0 Å². The van der Waals surface area contributed by atoms with Crippen molar-refractivity contribution in [2.24, 2.45) is 5.92 Å². The monoisotopic (exact) mass is 311 g/mol. The Morgan fingerprint density at radius 3 is 2.24 bits per heavy atom. The second-order valence-electron chi connectivity index (χ2n) is 4.86. The highest BCUT2D eigenvalue weighted by molar-refractivity contribution is 8.00. The fraction of sp³-hybridized carbons (Fsp3) is 0.467. The lowest BCUT2D eigenvalue weighted by atomic mass is 10.0. The molecule has 2 N–H and O–H groups in total. The normalized spacial score (nSPS) is 14.9. The minimum absolute atomic E-state index is 0.170. The van der Waals surface area contributed by atoms with E-state index < -0.39 is 17.9 Å². The summed E-state index contributed by atoms with van der Waals surface area (Å²) in [6.45, 7) is 5.07. The fourth-order valence-corrected chi connectivity index (χ4v) is 2.47. The van der Waals surface area contributed by atoms with E-state index in [4.69, 9.17) is 9.84 Å². The van der Waals surface area contributed by atoms with Gasteiger partial charge >= 0.3 is 5.97 Å². The average Bonchev–Trinajstić information content (AvgIpc) is 2.46. The molecule has 6 heteroatoms. The number of hydrogen-bond acceptors (Lipinski definition) is 4. The number of hydrogen-bond donors (Lipinski definition) is 2. The zero-order valence-electron chi connectivity index (χ0n) is 12.6. The van der Waals surface area contributed by atoms with Gasteiger partial charge in [0.1, 0.15) is 5.75 Å². The van der Waals surface area contributed by atoms with E-state index in [1.165, 1.54) is 11.8 Å². The molecule has 0 bridgehead atoms. The number of aliphatic carboxylic acids is 1. The molecule has 0 spiro atoms. The molecule has 0 aliphatic rings. The predicted octanol–water partition coefficient (Wildman–Crippen LogP) is 2.40. The molecule has 1 rings (SSSR count). The number of methoxy groups -OCH3 is 1. The summed E-state index contributed by atoms with van der Waals surface area (Å²) in [4.78, 5) is 23.9. The lowest BCUT2D eigenvalue weighted by Crippen LogP contribution is -2.43. The van der Waals surface area contributed by atoms with Crippen LogP contribution in [0.3, 0.4) is 0 Å². The van der Waals surface area contributed by atoms with Crippen LogP contribution in [-0.2, 0) is 9.59 Å². The van der Waals surface area contributed by atoms with Crippen molar-refractivity contribution < 1.29 is 19.4 Å². The summed E-state index contributed by atoms with van der Waals surface area (Å²) < 4.78 is 5.08. The van der Waals surface area contributed by atoms with Crippen molar-refractivity contribution in [3.05, 3.63) is 24.3 Å². The summed E-state index contributed by atoms with van der Waals surface area (Å²) >= 11 is 1.42. The topological polar surface area (TPSA) is 75.6 Å². The Balaban J connectivity index is 2.55. The van der Waals surface area contributed by atoms with Crippen LogP contribution in [-0.4, -0.2) is 35.4 Å². The number of rotatable bonds is 7. The lowest BCUT2D eigenvalue weighted by Gasteiger charge is -2.20. The Hall–Kier alpha value is -1.69. The minimum Gasteiger partial charge on any atom is -0.497 e. The number of carbonyl (C=O) groups is 2. The number of thioether (sulfide) groups is 1. The van der Waals surface area contributed by atoms with Crippen LogP contribution < -0.4 is 10.1 Å². The molecule has 0 radical (unpaired) electrons. The number of ether oxygens (including phenoxy) is 1. The number of benzene rings is 1. The molecular weight excluding hydrogens is 290 g/mol. The maximum atomic E-state index is 12.1. The molecule has 0 heterocycles. The molecule has 0 aromatic heterocycles. The highest BCUT2D eigenvalue weighted by Crippen LogP contribution is 2.25. The van der Waals surface area contributed by atoms with Crippen molar-refractivity contribution in [2.75, 3.05) is 7.11 Å². The molecule has 5 nitrogen and oxygen atoms in total. The lowest BCUT2D eigenvalue weighted by molar-refractivity contribution is -0.142. The summed E-state index contributed by atoms with van der Waals surface area (Å²) in [5.74, 6) is -0.942. The maximum absolute atomic E-state index is 12.1. The minimum atomic E-state index is -0.918. The Kier molecular flexibility index (Phi) is 6.55. The first-order chi connectivity index (χ1) is 9.85. The number of amides is 1. The summed E-state index contributed by atoms with van der Waals surface area (Å²) in [5, 5.41) is 11.4. The van der Waals surface area contributed by atoms with E-state index in [9.17, 15) is 9.59 Å². The van der Waals surface area contributed by atoms with Crippen molar-refractivity contribution in [2.45, 2.75) is 37.0 Å². The van der Waals surface area contributed by atoms with Crippen molar-refractivity contribution in [3.8, 4) is 5.75 Å². The predicted molar refractivity (Wildman–Crippen MR) is 82.7 cm³/mol. The van der Waals surface area contributed by atoms with Crippen LogP contribution in [0.5, 0.6) is 5.75 Å². The Morgan fingerprint density at radius 1 is 1.19 bits per heavy atom. The molecule has 3 unspecified atom stereocenters. The summed E-state index contributed by atoms with van der Waals surface area (Å²) in [6.07, 6.45) is 0. The zero-order chi connectivity index (χ0) is 16.0. The van der Waals surface area contributed by atoms with Gasteiger partial charge in [-0.3, -0.25) is 9.59 Å². The molecule has 1 amide bonds. The van der Waals surface area contributed by atoms with E-state index in [2.05, 4.69) is 5.32 Å². The standard InChI is InChI=1S/C15H21NO4S/c1-9(15(18)19)10(2)16-14(17)11(3)21-13-7-5-12(20-4)6-8-13/h5-11H,1-4H3,(H,16,17)(H,18,19). The molecule has 0 saturated heterocycles. The fourth-order valence-electron chi connectivity index (χ4n) is 1.59. The van der Waals surface area contributed by atoms with Gasteiger partial charge in [-0.2, -0.15) is 0 Å². The van der Waals surface area contributed by atoms with Crippen LogP contribution in [0.1, 0.15) is 20.8 Å². The van der Waals surface area contributed by atoms with Crippen molar-refractivity contribution in [3.63, 3.8) is 0 Å². The number of carboxylic acids is 1. The molecule has 116 valence electrons. The van der Waals surface area contributed by atoms with Crippen LogP contribution in [0.4, 0.5) is 0 Å². The van der Waals surface area contributed by atoms with Crippen molar-refractivity contribution in [1.29, 1.82) is 0 Å². The van der Waals surface area contributed by atoms with Gasteiger partial charge in [0.2, 0.25) is 5.91 Å². The third kappa shape index (κ3) is 5.30. The molecule has 0 fully saturated rings. The van der Waals surface area contributed by atoms with Gasteiger partial charge in [-0.25, -0.2) is 0 Å². The third-order valence-electron chi connectivity index (χ3n) is 3.25. The van der Waals surface area contributed by atoms with Gasteiger partial charge < -0.3 is 15.2 Å². The third-order valence-corrected chi connectivity index (χ3v) is 4.36. The Labute approximate surface area is 129 Å². The smallest absolute Gasteiger partial charge is 0.308 e.